The Morgan fingerprint density at radius 3 is 2.43 bits per heavy atom. The van der Waals surface area contributed by atoms with E-state index in [1.807, 2.05) is 0 Å². The van der Waals surface area contributed by atoms with Gasteiger partial charge in [0.2, 0.25) is 0 Å². The second kappa shape index (κ2) is 6.77. The minimum Gasteiger partial charge on any atom is -0.353 e. The number of hydrogen-bond acceptors (Lipinski definition) is 3. The second-order valence-electron chi connectivity index (χ2n) is 5.36. The van der Waals surface area contributed by atoms with Crippen molar-refractivity contribution in [2.45, 2.75) is 25.2 Å². The largest absolute Gasteiger partial charge is 0.416 e. The van der Waals surface area contributed by atoms with E-state index in [4.69, 9.17) is 0 Å². The normalized spacial score (nSPS) is 21.2. The Morgan fingerprint density at radius 1 is 1.30 bits per heavy atom. The average Bonchev–Trinajstić information content (AvgIpc) is 2.82. The zero-order valence-corrected chi connectivity index (χ0v) is 13.3. The first kappa shape index (κ1) is 17.6. The Kier molecular flexibility index (Phi) is 5.18. The highest BCUT2D eigenvalue weighted by atomic mass is 32.2. The van der Waals surface area contributed by atoms with Crippen LogP contribution in [0.5, 0.6) is 0 Å². The smallest absolute Gasteiger partial charge is 0.353 e. The van der Waals surface area contributed by atoms with Crippen LogP contribution in [0.4, 0.5) is 13.2 Å². The first-order valence-corrected chi connectivity index (χ1v) is 8.85. The molecule has 1 atom stereocenters. The molecule has 2 rings (SSSR count). The van der Waals surface area contributed by atoms with Crippen molar-refractivity contribution in [3.8, 4) is 0 Å². The van der Waals surface area contributed by atoms with Crippen LogP contribution in [-0.2, 0) is 22.6 Å². The van der Waals surface area contributed by atoms with Gasteiger partial charge in [-0.25, -0.2) is 8.42 Å². The van der Waals surface area contributed by atoms with Crippen molar-refractivity contribution in [1.82, 2.24) is 10.6 Å². The quantitative estimate of drug-likeness (QED) is 0.642. The molecule has 0 amide bonds. The van der Waals surface area contributed by atoms with Crippen LogP contribution < -0.4 is 10.6 Å². The standard InChI is InChI=1S/C14H18F3N3O2S/c1-18-13(20-12-6-7-23(21,22)9-12)19-8-10-2-4-11(5-3-10)14(15,16)17/h2-5,12H,6-9H2,1H3,(H2,18,19,20). The fraction of sp³-hybridized carbons (Fsp3) is 0.500. The monoisotopic (exact) mass is 349 g/mol. The Labute approximate surface area is 132 Å². The van der Waals surface area contributed by atoms with Gasteiger partial charge in [-0.2, -0.15) is 13.2 Å². The summed E-state index contributed by atoms with van der Waals surface area (Å²) in [6.07, 6.45) is -3.83. The third-order valence-electron chi connectivity index (χ3n) is 3.54. The fourth-order valence-corrected chi connectivity index (χ4v) is 3.97. The van der Waals surface area contributed by atoms with Gasteiger partial charge in [0, 0.05) is 19.6 Å². The highest BCUT2D eigenvalue weighted by Gasteiger charge is 2.30. The molecule has 2 N–H and O–H groups in total. The Morgan fingerprint density at radius 2 is 1.96 bits per heavy atom. The average molecular weight is 349 g/mol. The number of guanidine groups is 1. The van der Waals surface area contributed by atoms with Crippen LogP contribution in [0.15, 0.2) is 29.3 Å². The minimum atomic E-state index is -4.35. The first-order valence-electron chi connectivity index (χ1n) is 7.03. The summed E-state index contributed by atoms with van der Waals surface area (Å²) in [7, 11) is -1.44. The van der Waals surface area contributed by atoms with Crippen molar-refractivity contribution in [2.24, 2.45) is 4.99 Å². The van der Waals surface area contributed by atoms with Crippen molar-refractivity contribution in [3.63, 3.8) is 0 Å². The molecule has 0 radical (unpaired) electrons. The number of benzene rings is 1. The molecule has 1 aromatic rings. The Hall–Kier alpha value is -1.77. The maximum absolute atomic E-state index is 12.5. The number of hydrogen-bond donors (Lipinski definition) is 2. The first-order chi connectivity index (χ1) is 10.7. The molecule has 1 unspecified atom stereocenters. The summed E-state index contributed by atoms with van der Waals surface area (Å²) < 4.78 is 60.3. The zero-order valence-electron chi connectivity index (χ0n) is 12.5. The topological polar surface area (TPSA) is 70.6 Å². The summed E-state index contributed by atoms with van der Waals surface area (Å²) >= 11 is 0. The van der Waals surface area contributed by atoms with E-state index in [-0.39, 0.29) is 24.1 Å². The number of aliphatic imine (C=N–C) groups is 1. The second-order valence-corrected chi connectivity index (χ2v) is 7.59. The van der Waals surface area contributed by atoms with E-state index in [1.54, 1.807) is 7.05 Å². The van der Waals surface area contributed by atoms with Crippen LogP contribution >= 0.6 is 0 Å². The number of halogens is 3. The van der Waals surface area contributed by atoms with Crippen LogP contribution in [0.25, 0.3) is 0 Å². The van der Waals surface area contributed by atoms with Crippen LogP contribution in [-0.4, -0.2) is 39.0 Å². The van der Waals surface area contributed by atoms with E-state index >= 15 is 0 Å². The molecule has 1 aromatic carbocycles. The van der Waals surface area contributed by atoms with Crippen molar-refractivity contribution >= 4 is 15.8 Å². The fourth-order valence-electron chi connectivity index (χ4n) is 2.29. The molecule has 9 heteroatoms. The third-order valence-corrected chi connectivity index (χ3v) is 5.31. The number of nitrogens with one attached hydrogen (secondary N) is 2. The summed E-state index contributed by atoms with van der Waals surface area (Å²) in [4.78, 5) is 3.99. The molecule has 128 valence electrons. The number of rotatable bonds is 3. The maximum atomic E-state index is 12.5. The van der Waals surface area contributed by atoms with Gasteiger partial charge < -0.3 is 10.6 Å². The predicted octanol–water partition coefficient (Wildman–Crippen LogP) is 1.56. The van der Waals surface area contributed by atoms with Gasteiger partial charge in [-0.15, -0.1) is 0 Å². The van der Waals surface area contributed by atoms with E-state index in [0.717, 1.165) is 12.1 Å². The number of nitrogens with zero attached hydrogens (tertiary/aromatic N) is 1. The lowest BCUT2D eigenvalue weighted by Gasteiger charge is -2.16. The van der Waals surface area contributed by atoms with Crippen LogP contribution in [0.2, 0.25) is 0 Å². The van der Waals surface area contributed by atoms with Crippen molar-refractivity contribution in [1.29, 1.82) is 0 Å². The van der Waals surface area contributed by atoms with Gasteiger partial charge >= 0.3 is 6.18 Å². The maximum Gasteiger partial charge on any atom is 0.416 e. The van der Waals surface area contributed by atoms with Crippen LogP contribution in [0.3, 0.4) is 0 Å². The van der Waals surface area contributed by atoms with E-state index in [2.05, 4.69) is 15.6 Å². The molecule has 0 aliphatic carbocycles. The number of sulfone groups is 1. The van der Waals surface area contributed by atoms with Gasteiger partial charge in [-0.05, 0) is 24.1 Å². The molecule has 0 bridgehead atoms. The van der Waals surface area contributed by atoms with Gasteiger partial charge in [0.15, 0.2) is 15.8 Å². The summed E-state index contributed by atoms with van der Waals surface area (Å²) in [6, 6.07) is 4.64. The molecule has 1 heterocycles. The van der Waals surface area contributed by atoms with Gasteiger partial charge in [-0.1, -0.05) is 12.1 Å². The Balaban J connectivity index is 1.89. The lowest BCUT2D eigenvalue weighted by molar-refractivity contribution is -0.137. The molecular formula is C14H18F3N3O2S. The summed E-state index contributed by atoms with van der Waals surface area (Å²) in [6.45, 7) is 0.289. The van der Waals surface area contributed by atoms with Gasteiger partial charge in [0.1, 0.15) is 0 Å². The molecular weight excluding hydrogens is 331 g/mol. The van der Waals surface area contributed by atoms with E-state index in [0.29, 0.717) is 17.9 Å². The summed E-state index contributed by atoms with van der Waals surface area (Å²) in [5.41, 5.74) is -0.0279. The summed E-state index contributed by atoms with van der Waals surface area (Å²) in [5, 5.41) is 5.97. The highest BCUT2D eigenvalue weighted by molar-refractivity contribution is 7.91. The molecule has 5 nitrogen and oxygen atoms in total. The van der Waals surface area contributed by atoms with E-state index in [9.17, 15) is 21.6 Å². The zero-order chi connectivity index (χ0) is 17.1. The van der Waals surface area contributed by atoms with Crippen LogP contribution in [0.1, 0.15) is 17.5 Å². The predicted molar refractivity (Wildman–Crippen MR) is 81.8 cm³/mol. The van der Waals surface area contributed by atoms with Gasteiger partial charge in [0.25, 0.3) is 0 Å². The summed E-state index contributed by atoms with van der Waals surface area (Å²) in [5.74, 6) is 0.640. The molecule has 0 saturated carbocycles. The molecule has 1 aliphatic rings. The van der Waals surface area contributed by atoms with Crippen molar-refractivity contribution < 1.29 is 21.6 Å². The Bertz CT molecular complexity index is 670. The molecule has 1 fully saturated rings. The van der Waals surface area contributed by atoms with Gasteiger partial charge in [0.05, 0.1) is 17.1 Å². The van der Waals surface area contributed by atoms with Crippen molar-refractivity contribution in [2.75, 3.05) is 18.6 Å². The lowest BCUT2D eigenvalue weighted by Crippen LogP contribution is -2.43. The molecule has 23 heavy (non-hydrogen) atoms. The number of alkyl halides is 3. The molecule has 0 aromatic heterocycles. The molecule has 0 spiro atoms. The minimum absolute atomic E-state index is 0.0635. The third kappa shape index (κ3) is 5.12. The van der Waals surface area contributed by atoms with Gasteiger partial charge in [-0.3, -0.25) is 4.99 Å². The van der Waals surface area contributed by atoms with Crippen LogP contribution in [0, 0.1) is 0 Å². The lowest BCUT2D eigenvalue weighted by atomic mass is 10.1. The SMILES string of the molecule is CN=C(NCc1ccc(C(F)(F)F)cc1)NC1CCS(=O)(=O)C1. The van der Waals surface area contributed by atoms with E-state index < -0.39 is 21.6 Å². The highest BCUT2D eigenvalue weighted by Crippen LogP contribution is 2.29. The van der Waals surface area contributed by atoms with E-state index in [1.165, 1.54) is 12.1 Å². The molecule has 1 saturated heterocycles. The van der Waals surface area contributed by atoms with Crippen molar-refractivity contribution in [3.05, 3.63) is 35.4 Å². The molecule has 1 aliphatic heterocycles.